The van der Waals surface area contributed by atoms with Gasteiger partial charge in [-0.15, -0.1) is 11.6 Å². The summed E-state index contributed by atoms with van der Waals surface area (Å²) in [5.41, 5.74) is 7.09. The number of rotatable bonds is 7. The number of ether oxygens (including phenoxy) is 1. The first-order chi connectivity index (χ1) is 14.8. The summed E-state index contributed by atoms with van der Waals surface area (Å²) in [6.45, 7) is 0.856. The number of carbonyl (C=O) groups is 1. The zero-order valence-electron chi connectivity index (χ0n) is 16.7. The van der Waals surface area contributed by atoms with Crippen LogP contribution in [0, 0.1) is 0 Å². The van der Waals surface area contributed by atoms with Gasteiger partial charge in [0.1, 0.15) is 6.61 Å². The van der Waals surface area contributed by atoms with Crippen molar-refractivity contribution in [2.24, 2.45) is 0 Å². The average molecular weight is 418 g/mol. The predicted octanol–water partition coefficient (Wildman–Crippen LogP) is 6.37. The summed E-state index contributed by atoms with van der Waals surface area (Å²) < 4.78 is 5.55. The minimum atomic E-state index is -0.383. The Morgan fingerprint density at radius 1 is 0.933 bits per heavy atom. The molecule has 4 rings (SSSR count). The topological polar surface area (TPSA) is 38.3 Å². The van der Waals surface area contributed by atoms with Crippen molar-refractivity contribution in [3.63, 3.8) is 0 Å². The van der Waals surface area contributed by atoms with Crippen LogP contribution >= 0.6 is 11.6 Å². The molecule has 0 unspecified atom stereocenters. The Hall–Kier alpha value is -3.04. The number of amides is 1. The van der Waals surface area contributed by atoms with Gasteiger partial charge in [0.05, 0.1) is 0 Å². The van der Waals surface area contributed by atoms with Gasteiger partial charge in [0, 0.05) is 18.3 Å². The van der Waals surface area contributed by atoms with Crippen LogP contribution in [0.15, 0.2) is 78.9 Å². The first-order valence-electron chi connectivity index (χ1n) is 10.2. The number of hydrogen-bond donors (Lipinski definition) is 1. The number of alkyl carbamates (subject to hydrolysis) is 1. The highest BCUT2D eigenvalue weighted by molar-refractivity contribution is 6.17. The van der Waals surface area contributed by atoms with Gasteiger partial charge in [-0.05, 0) is 39.8 Å². The molecule has 0 aromatic heterocycles. The fourth-order valence-electron chi connectivity index (χ4n) is 3.94. The highest BCUT2D eigenvalue weighted by Gasteiger charge is 2.28. The number of halogens is 1. The minimum absolute atomic E-state index is 0.0788. The van der Waals surface area contributed by atoms with Crippen molar-refractivity contribution >= 4 is 23.8 Å². The predicted molar refractivity (Wildman–Crippen MR) is 123 cm³/mol. The van der Waals surface area contributed by atoms with Crippen LogP contribution in [0.1, 0.15) is 34.6 Å². The molecule has 1 N–H and O–H groups in total. The zero-order valence-corrected chi connectivity index (χ0v) is 17.4. The van der Waals surface area contributed by atoms with E-state index < -0.39 is 0 Å². The molecule has 1 aliphatic rings. The molecule has 0 radical (unpaired) electrons. The molecule has 152 valence electrons. The van der Waals surface area contributed by atoms with E-state index in [9.17, 15) is 4.79 Å². The van der Waals surface area contributed by atoms with Crippen LogP contribution < -0.4 is 5.32 Å². The van der Waals surface area contributed by atoms with Crippen LogP contribution in [0.4, 0.5) is 4.79 Å². The van der Waals surface area contributed by atoms with Gasteiger partial charge in [0.2, 0.25) is 0 Å². The third-order valence-electron chi connectivity index (χ3n) is 5.42. The van der Waals surface area contributed by atoms with E-state index in [1.54, 1.807) is 0 Å². The van der Waals surface area contributed by atoms with Crippen LogP contribution in [-0.2, 0) is 10.6 Å². The van der Waals surface area contributed by atoms with Gasteiger partial charge in [-0.25, -0.2) is 4.79 Å². The molecule has 0 saturated carbocycles. The lowest BCUT2D eigenvalue weighted by Crippen LogP contribution is -2.26. The van der Waals surface area contributed by atoms with E-state index in [4.69, 9.17) is 16.3 Å². The van der Waals surface area contributed by atoms with Gasteiger partial charge in [-0.1, -0.05) is 84.9 Å². The quantitative estimate of drug-likeness (QED) is 0.358. The standard InChI is InChI=1S/C26H24ClNO2/c27-17-20-11-2-1-9-19(20)10-7-8-16-28-26(29)30-18-25-23-14-5-3-12-21(23)22-13-4-6-15-24(22)25/h1-7,9-15,25H,8,16-18H2,(H,28,29). The molecule has 0 spiro atoms. The van der Waals surface area contributed by atoms with Gasteiger partial charge >= 0.3 is 6.09 Å². The zero-order chi connectivity index (χ0) is 20.8. The lowest BCUT2D eigenvalue weighted by molar-refractivity contribution is 0.143. The maximum absolute atomic E-state index is 12.2. The average Bonchev–Trinajstić information content (AvgIpc) is 3.11. The third-order valence-corrected chi connectivity index (χ3v) is 5.71. The Bertz CT molecular complexity index is 1010. The summed E-state index contributed by atoms with van der Waals surface area (Å²) in [5.74, 6) is 0.563. The van der Waals surface area contributed by atoms with Crippen molar-refractivity contribution in [2.75, 3.05) is 13.2 Å². The summed E-state index contributed by atoms with van der Waals surface area (Å²) in [6.07, 6.45) is 4.42. The fraction of sp³-hybridized carbons (Fsp3) is 0.192. The summed E-state index contributed by atoms with van der Waals surface area (Å²) in [6, 6.07) is 24.7. The summed E-state index contributed by atoms with van der Waals surface area (Å²) in [7, 11) is 0. The maximum Gasteiger partial charge on any atom is 0.407 e. The van der Waals surface area contributed by atoms with E-state index in [2.05, 4.69) is 29.6 Å². The van der Waals surface area contributed by atoms with Gasteiger partial charge in [0.15, 0.2) is 0 Å². The summed E-state index contributed by atoms with van der Waals surface area (Å²) in [5, 5.41) is 2.83. The van der Waals surface area contributed by atoms with Gasteiger partial charge in [0.25, 0.3) is 0 Å². The molecular formula is C26H24ClNO2. The van der Waals surface area contributed by atoms with E-state index >= 15 is 0 Å². The van der Waals surface area contributed by atoms with E-state index in [0.717, 1.165) is 17.5 Å². The molecule has 30 heavy (non-hydrogen) atoms. The van der Waals surface area contributed by atoms with E-state index in [0.29, 0.717) is 19.0 Å². The Balaban J connectivity index is 1.28. The lowest BCUT2D eigenvalue weighted by atomic mass is 9.98. The van der Waals surface area contributed by atoms with Gasteiger partial charge in [-0.2, -0.15) is 0 Å². The number of benzene rings is 3. The molecule has 0 saturated heterocycles. The van der Waals surface area contributed by atoms with Crippen molar-refractivity contribution in [1.29, 1.82) is 0 Å². The molecule has 0 atom stereocenters. The van der Waals surface area contributed by atoms with Gasteiger partial charge in [-0.3, -0.25) is 0 Å². The summed E-state index contributed by atoms with van der Waals surface area (Å²) in [4.78, 5) is 12.2. The Kier molecular flexibility index (Phi) is 6.50. The molecule has 0 heterocycles. The second kappa shape index (κ2) is 9.64. The molecule has 0 bridgehead atoms. The van der Waals surface area contributed by atoms with Crippen LogP contribution in [0.3, 0.4) is 0 Å². The third kappa shape index (κ3) is 4.42. The van der Waals surface area contributed by atoms with Crippen molar-refractivity contribution in [3.8, 4) is 11.1 Å². The molecule has 1 amide bonds. The molecular weight excluding hydrogens is 394 g/mol. The van der Waals surface area contributed by atoms with Crippen molar-refractivity contribution in [3.05, 3.63) is 101 Å². The summed E-state index contributed by atoms with van der Waals surface area (Å²) >= 11 is 5.96. The highest BCUT2D eigenvalue weighted by Crippen LogP contribution is 2.44. The molecule has 3 nitrogen and oxygen atoms in total. The van der Waals surface area contributed by atoms with E-state index in [-0.39, 0.29) is 12.0 Å². The number of nitrogens with one attached hydrogen (secondary N) is 1. The second-order valence-electron chi connectivity index (χ2n) is 7.28. The second-order valence-corrected chi connectivity index (χ2v) is 7.54. The molecule has 1 aliphatic carbocycles. The van der Waals surface area contributed by atoms with Crippen LogP contribution in [0.25, 0.3) is 17.2 Å². The number of hydrogen-bond acceptors (Lipinski definition) is 2. The molecule has 0 fully saturated rings. The van der Waals surface area contributed by atoms with Crippen molar-refractivity contribution in [1.82, 2.24) is 5.32 Å². The van der Waals surface area contributed by atoms with Crippen LogP contribution in [0.5, 0.6) is 0 Å². The first kappa shape index (κ1) is 20.2. The Morgan fingerprint density at radius 3 is 2.27 bits per heavy atom. The molecule has 3 aromatic rings. The monoisotopic (exact) mass is 417 g/mol. The Labute approximate surface area is 182 Å². The van der Waals surface area contributed by atoms with Gasteiger partial charge < -0.3 is 10.1 Å². The lowest BCUT2D eigenvalue weighted by Gasteiger charge is -2.14. The number of carbonyl (C=O) groups excluding carboxylic acids is 1. The van der Waals surface area contributed by atoms with Crippen LogP contribution in [0.2, 0.25) is 0 Å². The SMILES string of the molecule is O=C(NCCC=Cc1ccccc1CCl)OCC1c2ccccc2-c2ccccc21. The molecule has 0 aliphatic heterocycles. The smallest absolute Gasteiger partial charge is 0.407 e. The fourth-order valence-corrected chi connectivity index (χ4v) is 4.18. The Morgan fingerprint density at radius 2 is 1.57 bits per heavy atom. The maximum atomic E-state index is 12.2. The number of fused-ring (bicyclic) bond motifs is 3. The first-order valence-corrected chi connectivity index (χ1v) is 10.7. The van der Waals surface area contributed by atoms with Crippen molar-refractivity contribution < 1.29 is 9.53 Å². The highest BCUT2D eigenvalue weighted by atomic mass is 35.5. The largest absolute Gasteiger partial charge is 0.449 e. The minimum Gasteiger partial charge on any atom is -0.449 e. The van der Waals surface area contributed by atoms with Crippen LogP contribution in [-0.4, -0.2) is 19.2 Å². The van der Waals surface area contributed by atoms with E-state index in [1.807, 2.05) is 60.7 Å². The number of alkyl halides is 1. The molecule has 4 heteroatoms. The van der Waals surface area contributed by atoms with E-state index in [1.165, 1.54) is 22.3 Å². The molecule has 3 aromatic carbocycles. The van der Waals surface area contributed by atoms with Crippen molar-refractivity contribution in [2.45, 2.75) is 18.2 Å². The normalized spacial score (nSPS) is 12.6.